The van der Waals surface area contributed by atoms with Crippen molar-refractivity contribution >= 4 is 5.97 Å². The van der Waals surface area contributed by atoms with Crippen molar-refractivity contribution in [1.29, 1.82) is 0 Å². The van der Waals surface area contributed by atoms with Crippen LogP contribution in [0.25, 0.3) is 0 Å². The van der Waals surface area contributed by atoms with Crippen molar-refractivity contribution < 1.29 is 19.7 Å². The second-order valence-electron chi connectivity index (χ2n) is 8.12. The number of hydrogen-bond donors (Lipinski definition) is 1. The summed E-state index contributed by atoms with van der Waals surface area (Å²) >= 11 is 0. The molecule has 4 nitrogen and oxygen atoms in total. The molecule has 1 fully saturated rings. The first-order valence-electron chi connectivity index (χ1n) is 10.5. The smallest absolute Gasteiger partial charge is 0.306 e. The minimum atomic E-state index is -0.843. The molecule has 0 aromatic carbocycles. The summed E-state index contributed by atoms with van der Waals surface area (Å²) in [7, 11) is 0. The van der Waals surface area contributed by atoms with Crippen molar-refractivity contribution in [2.75, 3.05) is 0 Å². The van der Waals surface area contributed by atoms with Gasteiger partial charge in [0.2, 0.25) is 0 Å². The van der Waals surface area contributed by atoms with Crippen LogP contribution in [0.2, 0.25) is 0 Å². The first-order valence-corrected chi connectivity index (χ1v) is 10.5. The fraction of sp³-hybridized carbons (Fsp3) is 0.696. The number of carboxylic acid groups (broad SMARTS) is 1. The van der Waals surface area contributed by atoms with E-state index < -0.39 is 11.6 Å². The molecule has 1 saturated heterocycles. The van der Waals surface area contributed by atoms with Gasteiger partial charge in [-0.05, 0) is 39.5 Å². The quantitative estimate of drug-likeness (QED) is 0.212. The van der Waals surface area contributed by atoms with Gasteiger partial charge < -0.3 is 5.11 Å². The van der Waals surface area contributed by atoms with Crippen LogP contribution in [0.3, 0.4) is 0 Å². The highest BCUT2D eigenvalue weighted by Gasteiger charge is 2.47. The summed E-state index contributed by atoms with van der Waals surface area (Å²) in [6, 6.07) is 0. The Morgan fingerprint density at radius 3 is 2.15 bits per heavy atom. The Labute approximate surface area is 165 Å². The van der Waals surface area contributed by atoms with Crippen LogP contribution >= 0.6 is 0 Å². The predicted octanol–water partition coefficient (Wildman–Crippen LogP) is 6.53. The highest BCUT2D eigenvalue weighted by Crippen LogP contribution is 2.40. The first-order chi connectivity index (χ1) is 12.9. The van der Waals surface area contributed by atoms with E-state index in [-0.39, 0.29) is 12.0 Å². The minimum Gasteiger partial charge on any atom is -0.481 e. The van der Waals surface area contributed by atoms with Gasteiger partial charge in [-0.15, -0.1) is 0 Å². The molecular formula is C23H38O4. The molecule has 0 aromatic heterocycles. The van der Waals surface area contributed by atoms with E-state index in [2.05, 4.69) is 43.4 Å². The van der Waals surface area contributed by atoms with Gasteiger partial charge in [-0.2, -0.15) is 0 Å². The van der Waals surface area contributed by atoms with Crippen LogP contribution in [0.1, 0.15) is 91.4 Å². The molecule has 0 aliphatic carbocycles. The van der Waals surface area contributed by atoms with Crippen LogP contribution in [0.4, 0.5) is 0 Å². The van der Waals surface area contributed by atoms with Gasteiger partial charge in [0.1, 0.15) is 11.2 Å². The third-order valence-electron chi connectivity index (χ3n) is 4.88. The monoisotopic (exact) mass is 378 g/mol. The molecule has 2 atom stereocenters. The molecule has 1 aliphatic heterocycles. The van der Waals surface area contributed by atoms with Crippen molar-refractivity contribution in [3.8, 4) is 0 Å². The van der Waals surface area contributed by atoms with Crippen LogP contribution in [-0.4, -0.2) is 22.3 Å². The Morgan fingerprint density at radius 2 is 1.48 bits per heavy atom. The molecule has 1 N–H and O–H groups in total. The van der Waals surface area contributed by atoms with Gasteiger partial charge in [0.25, 0.3) is 0 Å². The summed E-state index contributed by atoms with van der Waals surface area (Å²) in [5.41, 5.74) is -1.05. The minimum absolute atomic E-state index is 0.0116. The lowest BCUT2D eigenvalue weighted by atomic mass is 9.85. The van der Waals surface area contributed by atoms with Crippen molar-refractivity contribution in [2.45, 2.75) is 103 Å². The fourth-order valence-electron chi connectivity index (χ4n) is 3.58. The SMILES string of the molecule is CCC=CC=CC=CCCCCCCCC[C@]1(C)C[C@@](C)(CC(=O)O)OO1. The van der Waals surface area contributed by atoms with Gasteiger partial charge in [-0.1, -0.05) is 75.5 Å². The van der Waals surface area contributed by atoms with Gasteiger partial charge in [-0.3, -0.25) is 4.79 Å². The molecule has 0 saturated carbocycles. The van der Waals surface area contributed by atoms with E-state index in [4.69, 9.17) is 14.9 Å². The standard InChI is InChI=1S/C23H38O4/c1-4-5-6-7-8-9-10-11-12-13-14-15-16-17-18-22(2)20-23(3,27-26-22)19-21(24)25/h5-10H,4,11-20H2,1-3H3,(H,24,25)/t22-,23-/m1/s1. The van der Waals surface area contributed by atoms with E-state index >= 15 is 0 Å². The largest absolute Gasteiger partial charge is 0.481 e. The van der Waals surface area contributed by atoms with Crippen molar-refractivity contribution in [2.24, 2.45) is 0 Å². The third kappa shape index (κ3) is 11.1. The van der Waals surface area contributed by atoms with Crippen molar-refractivity contribution in [1.82, 2.24) is 0 Å². The molecule has 0 aromatic rings. The highest BCUT2D eigenvalue weighted by molar-refractivity contribution is 5.68. The average Bonchev–Trinajstić information content (AvgIpc) is 2.89. The molecule has 1 rings (SSSR count). The second-order valence-corrected chi connectivity index (χ2v) is 8.12. The van der Waals surface area contributed by atoms with E-state index in [1.165, 1.54) is 32.1 Å². The topological polar surface area (TPSA) is 55.8 Å². The molecule has 0 unspecified atom stereocenters. The summed E-state index contributed by atoms with van der Waals surface area (Å²) in [5, 5.41) is 8.97. The zero-order valence-electron chi connectivity index (χ0n) is 17.4. The molecule has 27 heavy (non-hydrogen) atoms. The maximum atomic E-state index is 10.9. The number of rotatable bonds is 14. The zero-order chi connectivity index (χ0) is 20.0. The highest BCUT2D eigenvalue weighted by atomic mass is 17.2. The molecular weight excluding hydrogens is 340 g/mol. The molecule has 0 bridgehead atoms. The van der Waals surface area contributed by atoms with E-state index in [9.17, 15) is 4.79 Å². The number of carbonyl (C=O) groups is 1. The van der Waals surface area contributed by atoms with Gasteiger partial charge in [0.05, 0.1) is 6.42 Å². The molecule has 1 heterocycles. The maximum absolute atomic E-state index is 10.9. The molecule has 154 valence electrons. The second kappa shape index (κ2) is 12.9. The molecule has 4 heteroatoms. The predicted molar refractivity (Wildman–Crippen MR) is 110 cm³/mol. The number of hydrogen-bond acceptors (Lipinski definition) is 3. The van der Waals surface area contributed by atoms with Gasteiger partial charge >= 0.3 is 5.97 Å². The summed E-state index contributed by atoms with van der Waals surface area (Å²) < 4.78 is 0. The molecule has 0 spiro atoms. The lowest BCUT2D eigenvalue weighted by Crippen LogP contribution is -2.30. The molecule has 0 amide bonds. The average molecular weight is 379 g/mol. The Hall–Kier alpha value is -1.39. The van der Waals surface area contributed by atoms with Gasteiger partial charge in [0, 0.05) is 6.42 Å². The van der Waals surface area contributed by atoms with Gasteiger partial charge in [-0.25, -0.2) is 9.78 Å². The first kappa shape index (κ1) is 23.6. The van der Waals surface area contributed by atoms with Crippen LogP contribution < -0.4 is 0 Å². The Kier molecular flexibility index (Phi) is 11.3. The van der Waals surface area contributed by atoms with Crippen LogP contribution in [-0.2, 0) is 14.6 Å². The maximum Gasteiger partial charge on any atom is 0.306 e. The van der Waals surface area contributed by atoms with E-state index in [0.717, 1.165) is 25.7 Å². The number of allylic oxidation sites excluding steroid dienone is 6. The summed E-state index contributed by atoms with van der Waals surface area (Å²) in [5.74, 6) is -0.843. The summed E-state index contributed by atoms with van der Waals surface area (Å²) in [4.78, 5) is 21.8. The Balaban J connectivity index is 2.01. The number of carboxylic acids is 1. The van der Waals surface area contributed by atoms with Crippen molar-refractivity contribution in [3.63, 3.8) is 0 Å². The number of unbranched alkanes of at least 4 members (excludes halogenated alkanes) is 6. The van der Waals surface area contributed by atoms with E-state index in [1.54, 1.807) is 0 Å². The molecule has 0 radical (unpaired) electrons. The Bertz CT molecular complexity index is 509. The summed E-state index contributed by atoms with van der Waals surface area (Å²) in [6.07, 6.45) is 23.9. The number of aliphatic carboxylic acids is 1. The van der Waals surface area contributed by atoms with Gasteiger partial charge in [0.15, 0.2) is 0 Å². The Morgan fingerprint density at radius 1 is 0.889 bits per heavy atom. The van der Waals surface area contributed by atoms with E-state index in [0.29, 0.717) is 6.42 Å². The molecule has 1 aliphatic rings. The van der Waals surface area contributed by atoms with Crippen molar-refractivity contribution in [3.05, 3.63) is 36.5 Å². The summed E-state index contributed by atoms with van der Waals surface area (Å²) in [6.45, 7) is 5.98. The lowest BCUT2D eigenvalue weighted by molar-refractivity contribution is -0.345. The normalized spacial score (nSPS) is 26.0. The van der Waals surface area contributed by atoms with Crippen LogP contribution in [0, 0.1) is 0 Å². The zero-order valence-corrected chi connectivity index (χ0v) is 17.4. The fourth-order valence-corrected chi connectivity index (χ4v) is 3.58. The van der Waals surface area contributed by atoms with Crippen LogP contribution in [0.5, 0.6) is 0 Å². The van der Waals surface area contributed by atoms with E-state index in [1.807, 2.05) is 13.8 Å². The third-order valence-corrected chi connectivity index (χ3v) is 4.88. The lowest BCUT2D eigenvalue weighted by Gasteiger charge is -2.21. The van der Waals surface area contributed by atoms with Crippen LogP contribution in [0.15, 0.2) is 36.5 Å².